The number of nitrogens with one attached hydrogen (secondary N) is 1. The monoisotopic (exact) mass is 284 g/mol. The first-order chi connectivity index (χ1) is 9.15. The van der Waals surface area contributed by atoms with Crippen LogP contribution in [0.4, 0.5) is 8.78 Å². The van der Waals surface area contributed by atoms with Crippen LogP contribution in [0.3, 0.4) is 0 Å². The Labute approximate surface area is 114 Å². The van der Waals surface area contributed by atoms with Crippen LogP contribution < -0.4 is 5.32 Å². The Bertz CT molecular complexity index is 548. The molecular weight excluding hydrogens is 270 g/mol. The van der Waals surface area contributed by atoms with Gasteiger partial charge >= 0.3 is 0 Å². The summed E-state index contributed by atoms with van der Waals surface area (Å²) < 4.78 is 31.2. The minimum Gasteiger partial charge on any atom is -0.378 e. The number of ether oxygens (including phenoxy) is 1. The molecule has 0 aliphatic rings. The highest BCUT2D eigenvalue weighted by atomic mass is 32.1. The Morgan fingerprint density at radius 3 is 2.74 bits per heavy atom. The molecule has 19 heavy (non-hydrogen) atoms. The Hall–Kier alpha value is -1.37. The van der Waals surface area contributed by atoms with Crippen molar-refractivity contribution < 1.29 is 13.5 Å². The lowest BCUT2D eigenvalue weighted by Gasteiger charge is -1.98. The zero-order valence-corrected chi connectivity index (χ0v) is 11.5. The lowest BCUT2D eigenvalue weighted by Crippen LogP contribution is -2.06. The van der Waals surface area contributed by atoms with Crippen molar-refractivity contribution in [3.63, 3.8) is 0 Å². The maximum absolute atomic E-state index is 13.2. The predicted octanol–water partition coefficient (Wildman–Crippen LogP) is 2.95. The van der Waals surface area contributed by atoms with E-state index in [-0.39, 0.29) is 0 Å². The number of thiazole rings is 1. The summed E-state index contributed by atoms with van der Waals surface area (Å²) in [5.74, 6) is -1.72. The van der Waals surface area contributed by atoms with Crippen molar-refractivity contribution in [2.45, 2.75) is 13.2 Å². The minimum atomic E-state index is -0.865. The number of nitrogens with zero attached hydrogens (tertiary/aromatic N) is 1. The molecule has 3 nitrogen and oxygen atoms in total. The molecule has 0 saturated carbocycles. The standard InChI is InChI=1S/C13H14F2N2OS/c1-16-6-12-11(7-18-2)17-13(19-12)8-3-4-9(14)10(15)5-8/h3-5,16H,6-7H2,1-2H3. The number of rotatable bonds is 5. The third-order valence-electron chi connectivity index (χ3n) is 2.56. The van der Waals surface area contributed by atoms with Crippen LogP contribution in [0, 0.1) is 11.6 Å². The van der Waals surface area contributed by atoms with Crippen molar-refractivity contribution in [3.8, 4) is 10.6 Å². The molecule has 1 aromatic carbocycles. The Morgan fingerprint density at radius 1 is 1.32 bits per heavy atom. The van der Waals surface area contributed by atoms with E-state index in [0.29, 0.717) is 23.7 Å². The highest BCUT2D eigenvalue weighted by molar-refractivity contribution is 7.15. The third-order valence-corrected chi connectivity index (χ3v) is 3.71. The van der Waals surface area contributed by atoms with E-state index < -0.39 is 11.6 Å². The maximum Gasteiger partial charge on any atom is 0.159 e. The fraction of sp³-hybridized carbons (Fsp3) is 0.308. The van der Waals surface area contributed by atoms with Gasteiger partial charge in [0.15, 0.2) is 11.6 Å². The summed E-state index contributed by atoms with van der Waals surface area (Å²) in [6.45, 7) is 1.07. The number of benzene rings is 1. The van der Waals surface area contributed by atoms with E-state index in [1.54, 1.807) is 7.11 Å². The smallest absolute Gasteiger partial charge is 0.159 e. The molecule has 0 saturated heterocycles. The molecule has 1 N–H and O–H groups in total. The Morgan fingerprint density at radius 2 is 2.11 bits per heavy atom. The zero-order valence-electron chi connectivity index (χ0n) is 10.7. The lowest BCUT2D eigenvalue weighted by molar-refractivity contribution is 0.181. The van der Waals surface area contributed by atoms with Crippen LogP contribution in [0.15, 0.2) is 18.2 Å². The van der Waals surface area contributed by atoms with Gasteiger partial charge in [0.25, 0.3) is 0 Å². The van der Waals surface area contributed by atoms with Crippen molar-refractivity contribution in [3.05, 3.63) is 40.4 Å². The van der Waals surface area contributed by atoms with Crippen LogP contribution >= 0.6 is 11.3 Å². The number of hydrogen-bond donors (Lipinski definition) is 1. The number of methoxy groups -OCH3 is 1. The first-order valence-electron chi connectivity index (χ1n) is 5.73. The van der Waals surface area contributed by atoms with E-state index in [1.165, 1.54) is 17.4 Å². The summed E-state index contributed by atoms with van der Waals surface area (Å²) >= 11 is 1.45. The minimum absolute atomic E-state index is 0.400. The molecule has 1 heterocycles. The highest BCUT2D eigenvalue weighted by Gasteiger charge is 2.13. The molecule has 0 aliphatic heterocycles. The molecule has 0 aliphatic carbocycles. The van der Waals surface area contributed by atoms with Crippen LogP contribution in [0.2, 0.25) is 0 Å². The van der Waals surface area contributed by atoms with E-state index in [9.17, 15) is 8.78 Å². The quantitative estimate of drug-likeness (QED) is 0.916. The van der Waals surface area contributed by atoms with Crippen molar-refractivity contribution in [2.24, 2.45) is 0 Å². The molecule has 102 valence electrons. The molecule has 2 rings (SSSR count). The third kappa shape index (κ3) is 3.15. The molecule has 0 unspecified atom stereocenters. The molecule has 0 amide bonds. The van der Waals surface area contributed by atoms with E-state index >= 15 is 0 Å². The molecule has 0 atom stereocenters. The van der Waals surface area contributed by atoms with Crippen LogP contribution in [0.5, 0.6) is 0 Å². The van der Waals surface area contributed by atoms with E-state index in [2.05, 4.69) is 10.3 Å². The largest absolute Gasteiger partial charge is 0.378 e. The molecule has 1 aromatic heterocycles. The number of hydrogen-bond acceptors (Lipinski definition) is 4. The van der Waals surface area contributed by atoms with Gasteiger partial charge in [-0.25, -0.2) is 13.8 Å². The normalized spacial score (nSPS) is 10.9. The number of halogens is 2. The fourth-order valence-corrected chi connectivity index (χ4v) is 2.76. The fourth-order valence-electron chi connectivity index (χ4n) is 1.68. The van der Waals surface area contributed by atoms with Gasteiger partial charge in [-0.15, -0.1) is 11.3 Å². The number of aromatic nitrogens is 1. The van der Waals surface area contributed by atoms with Gasteiger partial charge < -0.3 is 10.1 Å². The van der Waals surface area contributed by atoms with Gasteiger partial charge in [0.05, 0.1) is 12.3 Å². The molecule has 6 heteroatoms. The van der Waals surface area contributed by atoms with Crippen molar-refractivity contribution in [1.29, 1.82) is 0 Å². The summed E-state index contributed by atoms with van der Waals surface area (Å²) in [5.41, 5.74) is 1.39. The van der Waals surface area contributed by atoms with Crippen molar-refractivity contribution in [1.82, 2.24) is 10.3 Å². The van der Waals surface area contributed by atoms with Gasteiger partial charge in [-0.3, -0.25) is 0 Å². The van der Waals surface area contributed by atoms with Gasteiger partial charge in [0.2, 0.25) is 0 Å². The summed E-state index contributed by atoms with van der Waals surface area (Å²) in [6, 6.07) is 3.80. The highest BCUT2D eigenvalue weighted by Crippen LogP contribution is 2.29. The van der Waals surface area contributed by atoms with Gasteiger partial charge in [-0.2, -0.15) is 0 Å². The van der Waals surface area contributed by atoms with Crippen molar-refractivity contribution in [2.75, 3.05) is 14.2 Å². The second-order valence-electron chi connectivity index (χ2n) is 3.98. The van der Waals surface area contributed by atoms with Crippen LogP contribution in [-0.2, 0) is 17.9 Å². The van der Waals surface area contributed by atoms with E-state index in [1.807, 2.05) is 7.05 Å². The summed E-state index contributed by atoms with van der Waals surface area (Å²) in [6.07, 6.45) is 0. The first-order valence-corrected chi connectivity index (χ1v) is 6.55. The van der Waals surface area contributed by atoms with Crippen LogP contribution in [-0.4, -0.2) is 19.1 Å². The Balaban J connectivity index is 2.38. The van der Waals surface area contributed by atoms with Crippen LogP contribution in [0.25, 0.3) is 10.6 Å². The lowest BCUT2D eigenvalue weighted by atomic mass is 10.2. The predicted molar refractivity (Wildman–Crippen MR) is 70.9 cm³/mol. The van der Waals surface area contributed by atoms with Crippen molar-refractivity contribution >= 4 is 11.3 Å². The van der Waals surface area contributed by atoms with Gasteiger partial charge in [0.1, 0.15) is 5.01 Å². The summed E-state index contributed by atoms with van der Waals surface area (Å²) in [5, 5.41) is 3.71. The molecule has 2 aromatic rings. The second kappa shape index (κ2) is 6.18. The molecular formula is C13H14F2N2OS. The van der Waals surface area contributed by atoms with E-state index in [4.69, 9.17) is 4.74 Å². The Kier molecular flexibility index (Phi) is 4.57. The summed E-state index contributed by atoms with van der Waals surface area (Å²) in [7, 11) is 3.44. The van der Waals surface area contributed by atoms with Gasteiger partial charge in [-0.05, 0) is 25.2 Å². The average molecular weight is 284 g/mol. The van der Waals surface area contributed by atoms with E-state index in [0.717, 1.165) is 22.7 Å². The zero-order chi connectivity index (χ0) is 13.8. The molecule has 0 bridgehead atoms. The van der Waals surface area contributed by atoms with Crippen LogP contribution in [0.1, 0.15) is 10.6 Å². The molecule has 0 radical (unpaired) electrons. The SMILES string of the molecule is CNCc1sc(-c2ccc(F)c(F)c2)nc1COC. The maximum atomic E-state index is 13.2. The second-order valence-corrected chi connectivity index (χ2v) is 5.06. The van der Waals surface area contributed by atoms with Gasteiger partial charge in [0, 0.05) is 24.1 Å². The van der Waals surface area contributed by atoms with Gasteiger partial charge in [-0.1, -0.05) is 0 Å². The molecule has 0 fully saturated rings. The summed E-state index contributed by atoms with van der Waals surface area (Å²) in [4.78, 5) is 5.46. The topological polar surface area (TPSA) is 34.2 Å². The average Bonchev–Trinajstić information content (AvgIpc) is 2.77. The first kappa shape index (κ1) is 14.0. The molecule has 0 spiro atoms.